The second-order valence-electron chi connectivity index (χ2n) is 6.15. The number of carbonyl (C=O) groups is 1. The number of benzene rings is 1. The van der Waals surface area contributed by atoms with Gasteiger partial charge in [-0.25, -0.2) is 14.8 Å². The predicted octanol–water partition coefficient (Wildman–Crippen LogP) is 3.84. The highest BCUT2D eigenvalue weighted by molar-refractivity contribution is 7.17. The van der Waals surface area contributed by atoms with Crippen molar-refractivity contribution >= 4 is 40.2 Å². The minimum Gasteiger partial charge on any atom is -0.481 e. The van der Waals surface area contributed by atoms with Crippen LogP contribution in [-0.2, 0) is 4.79 Å². The lowest BCUT2D eigenvalue weighted by Crippen LogP contribution is -2.33. The molecule has 3 rings (SSSR count). The molecule has 1 aliphatic rings. The predicted molar refractivity (Wildman–Crippen MR) is 105 cm³/mol. The average molecular weight is 411 g/mol. The van der Waals surface area contributed by atoms with Crippen molar-refractivity contribution in [2.75, 3.05) is 18.0 Å². The summed E-state index contributed by atoms with van der Waals surface area (Å²) >= 11 is 7.62. The standard InChI is InChI=1S/C18H20ClFN4O2S/c1-12(26-14-7-5-13(20)6-8-14)17(25)23-21-11-15-16(19)22-18(27-15)24-9-3-2-4-10-24/h5-8,11-12H,2-4,9-10H2,1H3,(H,23,25)/b21-11-/t12-/m1/s1. The summed E-state index contributed by atoms with van der Waals surface area (Å²) in [6.07, 6.45) is 4.25. The van der Waals surface area contributed by atoms with Crippen LogP contribution in [0.2, 0.25) is 5.15 Å². The highest BCUT2D eigenvalue weighted by atomic mass is 35.5. The molecular weight excluding hydrogens is 391 g/mol. The molecule has 0 saturated carbocycles. The van der Waals surface area contributed by atoms with Gasteiger partial charge in [-0.2, -0.15) is 5.10 Å². The first kappa shape index (κ1) is 19.6. The summed E-state index contributed by atoms with van der Waals surface area (Å²) in [5.41, 5.74) is 2.42. The van der Waals surface area contributed by atoms with E-state index in [1.807, 2.05) is 0 Å². The molecule has 0 bridgehead atoms. The van der Waals surface area contributed by atoms with Crippen LogP contribution in [-0.4, -0.2) is 36.3 Å². The van der Waals surface area contributed by atoms with Crippen molar-refractivity contribution in [3.63, 3.8) is 0 Å². The van der Waals surface area contributed by atoms with Gasteiger partial charge < -0.3 is 9.64 Å². The third-order valence-electron chi connectivity index (χ3n) is 4.08. The molecule has 1 atom stereocenters. The van der Waals surface area contributed by atoms with Crippen molar-refractivity contribution in [1.29, 1.82) is 0 Å². The summed E-state index contributed by atoms with van der Waals surface area (Å²) in [5, 5.41) is 5.19. The van der Waals surface area contributed by atoms with Gasteiger partial charge in [0.05, 0.1) is 11.1 Å². The Labute approximate surface area is 166 Å². The van der Waals surface area contributed by atoms with E-state index in [4.69, 9.17) is 16.3 Å². The molecule has 1 aromatic carbocycles. The Balaban J connectivity index is 1.54. The van der Waals surface area contributed by atoms with Gasteiger partial charge >= 0.3 is 0 Å². The van der Waals surface area contributed by atoms with Gasteiger partial charge in [0.2, 0.25) is 0 Å². The van der Waals surface area contributed by atoms with Crippen LogP contribution in [0, 0.1) is 5.82 Å². The fourth-order valence-corrected chi connectivity index (χ4v) is 3.79. The van der Waals surface area contributed by atoms with Crippen LogP contribution < -0.4 is 15.1 Å². The minimum atomic E-state index is -0.784. The molecule has 2 aromatic rings. The summed E-state index contributed by atoms with van der Waals surface area (Å²) in [6, 6.07) is 5.46. The molecular formula is C18H20ClFN4O2S. The fraction of sp³-hybridized carbons (Fsp3) is 0.389. The summed E-state index contributed by atoms with van der Waals surface area (Å²) < 4.78 is 18.3. The first-order valence-electron chi connectivity index (χ1n) is 8.69. The number of piperidine rings is 1. The molecule has 6 nitrogen and oxygen atoms in total. The number of hydrogen-bond acceptors (Lipinski definition) is 6. The van der Waals surface area contributed by atoms with Crippen LogP contribution in [0.5, 0.6) is 5.75 Å². The Morgan fingerprint density at radius 2 is 2.07 bits per heavy atom. The van der Waals surface area contributed by atoms with Gasteiger partial charge in [0.1, 0.15) is 11.6 Å². The SMILES string of the molecule is C[C@@H](Oc1ccc(F)cc1)C(=O)N/N=C\c1sc(N2CCCCC2)nc1Cl. The molecule has 0 aliphatic carbocycles. The van der Waals surface area contributed by atoms with Crippen LogP contribution in [0.15, 0.2) is 29.4 Å². The number of halogens is 2. The molecule has 1 aromatic heterocycles. The molecule has 2 heterocycles. The molecule has 144 valence electrons. The van der Waals surface area contributed by atoms with Crippen LogP contribution in [0.4, 0.5) is 9.52 Å². The van der Waals surface area contributed by atoms with Crippen molar-refractivity contribution in [3.05, 3.63) is 40.1 Å². The third-order valence-corrected chi connectivity index (χ3v) is 5.53. The molecule has 9 heteroatoms. The third kappa shape index (κ3) is 5.40. The molecule has 0 spiro atoms. The summed E-state index contributed by atoms with van der Waals surface area (Å²) in [5.74, 6) is -0.387. The van der Waals surface area contributed by atoms with Crippen LogP contribution in [0.1, 0.15) is 31.1 Å². The summed E-state index contributed by atoms with van der Waals surface area (Å²) in [7, 11) is 0. The monoisotopic (exact) mass is 410 g/mol. The van der Waals surface area contributed by atoms with Gasteiger partial charge in [0, 0.05) is 13.1 Å². The molecule has 0 radical (unpaired) electrons. The van der Waals surface area contributed by atoms with E-state index in [1.54, 1.807) is 6.92 Å². The fourth-order valence-electron chi connectivity index (χ4n) is 2.62. The Morgan fingerprint density at radius 1 is 1.37 bits per heavy atom. The van der Waals surface area contributed by atoms with E-state index in [2.05, 4.69) is 20.4 Å². The highest BCUT2D eigenvalue weighted by Gasteiger charge is 2.17. The molecule has 1 aliphatic heterocycles. The van der Waals surface area contributed by atoms with Gasteiger partial charge in [0.15, 0.2) is 16.4 Å². The van der Waals surface area contributed by atoms with Gasteiger partial charge in [-0.3, -0.25) is 4.79 Å². The van der Waals surface area contributed by atoms with Gasteiger partial charge in [0.25, 0.3) is 5.91 Å². The maximum absolute atomic E-state index is 12.9. The van der Waals surface area contributed by atoms with Crippen LogP contribution >= 0.6 is 22.9 Å². The number of aromatic nitrogens is 1. The number of thiazole rings is 1. The minimum absolute atomic E-state index is 0.366. The normalized spacial score (nSPS) is 15.7. The van der Waals surface area contributed by atoms with E-state index >= 15 is 0 Å². The molecule has 27 heavy (non-hydrogen) atoms. The number of nitrogens with zero attached hydrogens (tertiary/aromatic N) is 3. The van der Waals surface area contributed by atoms with Gasteiger partial charge in [-0.15, -0.1) is 0 Å². The first-order valence-corrected chi connectivity index (χ1v) is 9.89. The number of amides is 1. The number of anilines is 1. The second kappa shape index (κ2) is 9.14. The number of nitrogens with one attached hydrogen (secondary N) is 1. The summed E-state index contributed by atoms with van der Waals surface area (Å²) in [4.78, 5) is 19.3. The number of hydrogen-bond donors (Lipinski definition) is 1. The van der Waals surface area contributed by atoms with Crippen molar-refractivity contribution in [2.24, 2.45) is 5.10 Å². The van der Waals surface area contributed by atoms with Crippen molar-refractivity contribution in [3.8, 4) is 5.75 Å². The van der Waals surface area contributed by atoms with E-state index in [0.29, 0.717) is 15.8 Å². The van der Waals surface area contributed by atoms with E-state index in [-0.39, 0.29) is 5.82 Å². The molecule has 1 fully saturated rings. The highest BCUT2D eigenvalue weighted by Crippen LogP contribution is 2.30. The Morgan fingerprint density at radius 3 is 2.78 bits per heavy atom. The molecule has 1 N–H and O–H groups in total. The maximum Gasteiger partial charge on any atom is 0.280 e. The zero-order valence-corrected chi connectivity index (χ0v) is 16.4. The van der Waals surface area contributed by atoms with Crippen molar-refractivity contribution < 1.29 is 13.9 Å². The first-order chi connectivity index (χ1) is 13.0. The topological polar surface area (TPSA) is 66.8 Å². The Hall–Kier alpha value is -2.19. The van der Waals surface area contributed by atoms with Crippen LogP contribution in [0.25, 0.3) is 0 Å². The van der Waals surface area contributed by atoms with Gasteiger partial charge in [-0.1, -0.05) is 22.9 Å². The lowest BCUT2D eigenvalue weighted by Gasteiger charge is -2.25. The van der Waals surface area contributed by atoms with Gasteiger partial charge in [-0.05, 0) is 50.5 Å². The number of hydrazone groups is 1. The zero-order valence-electron chi connectivity index (χ0n) is 14.8. The maximum atomic E-state index is 12.9. The van der Waals surface area contributed by atoms with E-state index in [1.165, 1.54) is 48.2 Å². The average Bonchev–Trinajstić information content (AvgIpc) is 3.05. The molecule has 1 amide bonds. The lowest BCUT2D eigenvalue weighted by molar-refractivity contribution is -0.127. The Kier molecular flexibility index (Phi) is 6.63. The number of carbonyl (C=O) groups excluding carboxylic acids is 1. The number of ether oxygens (including phenoxy) is 1. The Bertz CT molecular complexity index is 806. The van der Waals surface area contributed by atoms with E-state index in [0.717, 1.165) is 31.1 Å². The molecule has 0 unspecified atom stereocenters. The lowest BCUT2D eigenvalue weighted by atomic mass is 10.1. The van der Waals surface area contributed by atoms with E-state index < -0.39 is 12.0 Å². The molecule has 1 saturated heterocycles. The van der Waals surface area contributed by atoms with Crippen LogP contribution in [0.3, 0.4) is 0 Å². The van der Waals surface area contributed by atoms with E-state index in [9.17, 15) is 9.18 Å². The number of rotatable bonds is 6. The smallest absolute Gasteiger partial charge is 0.280 e. The quantitative estimate of drug-likeness (QED) is 0.580. The van der Waals surface area contributed by atoms with Crippen molar-refractivity contribution in [1.82, 2.24) is 10.4 Å². The largest absolute Gasteiger partial charge is 0.481 e. The van der Waals surface area contributed by atoms with Crippen molar-refractivity contribution in [2.45, 2.75) is 32.3 Å². The zero-order chi connectivity index (χ0) is 19.2. The summed E-state index contributed by atoms with van der Waals surface area (Å²) in [6.45, 7) is 3.55. The second-order valence-corrected chi connectivity index (χ2v) is 7.51.